The van der Waals surface area contributed by atoms with E-state index in [0.717, 1.165) is 18.5 Å². The molecule has 0 radical (unpaired) electrons. The van der Waals surface area contributed by atoms with E-state index >= 15 is 0 Å². The van der Waals surface area contributed by atoms with Crippen LogP contribution in [-0.2, 0) is 11.3 Å². The highest BCUT2D eigenvalue weighted by atomic mass is 35.5. The van der Waals surface area contributed by atoms with Crippen LogP contribution in [0.5, 0.6) is 11.5 Å². The summed E-state index contributed by atoms with van der Waals surface area (Å²) in [6.45, 7) is 9.49. The van der Waals surface area contributed by atoms with E-state index in [4.69, 9.17) is 21.1 Å². The van der Waals surface area contributed by atoms with Gasteiger partial charge in [0.25, 0.3) is 5.91 Å². The second-order valence-electron chi connectivity index (χ2n) is 7.07. The van der Waals surface area contributed by atoms with Crippen LogP contribution in [0, 0.1) is 0 Å². The molecule has 1 aromatic carbocycles. The molecular weight excluding hydrogens is 340 g/mol. The van der Waals surface area contributed by atoms with Gasteiger partial charge < -0.3 is 20.1 Å². The van der Waals surface area contributed by atoms with Crippen molar-refractivity contribution in [2.45, 2.75) is 59.0 Å². The molecule has 0 spiro atoms. The Kier molecular flexibility index (Phi) is 9.08. The average Bonchev–Trinajstić information content (AvgIpc) is 2.52. The number of rotatable bonds is 10. The fourth-order valence-electron chi connectivity index (χ4n) is 2.31. The van der Waals surface area contributed by atoms with Crippen molar-refractivity contribution >= 4 is 17.5 Å². The minimum atomic E-state index is -0.296. The lowest BCUT2D eigenvalue weighted by molar-refractivity contribution is -0.124. The largest absolute Gasteiger partial charge is 0.493 e. The minimum absolute atomic E-state index is 0.0847. The molecule has 2 N–H and O–H groups in total. The van der Waals surface area contributed by atoms with Crippen LogP contribution in [-0.4, -0.2) is 31.7 Å². The van der Waals surface area contributed by atoms with Gasteiger partial charge in [0.2, 0.25) is 0 Å². The maximum Gasteiger partial charge on any atom is 0.258 e. The molecule has 142 valence electrons. The fraction of sp³-hybridized carbons (Fsp3) is 0.632. The fourth-order valence-corrected chi connectivity index (χ4v) is 2.53. The number of carbonyl (C=O) groups excluding carboxylic acids is 1. The molecule has 0 bridgehead atoms. The molecule has 0 aliphatic carbocycles. The van der Waals surface area contributed by atoms with Crippen molar-refractivity contribution in [2.75, 3.05) is 20.3 Å². The second-order valence-corrected chi connectivity index (χ2v) is 7.47. The zero-order chi connectivity index (χ0) is 18.9. The molecular formula is C19H31ClN2O3. The number of ether oxygens (including phenoxy) is 2. The second kappa shape index (κ2) is 10.5. The highest BCUT2D eigenvalue weighted by Crippen LogP contribution is 2.33. The molecule has 0 aliphatic rings. The Balaban J connectivity index is 2.66. The third-order valence-electron chi connectivity index (χ3n) is 3.48. The number of amides is 1. The molecule has 0 aliphatic heterocycles. The smallest absolute Gasteiger partial charge is 0.258 e. The number of hydrogen-bond acceptors (Lipinski definition) is 4. The van der Waals surface area contributed by atoms with Crippen molar-refractivity contribution in [3.63, 3.8) is 0 Å². The van der Waals surface area contributed by atoms with Crippen molar-refractivity contribution < 1.29 is 14.3 Å². The molecule has 0 fully saturated rings. The summed E-state index contributed by atoms with van der Waals surface area (Å²) in [4.78, 5) is 11.9. The van der Waals surface area contributed by atoms with Crippen molar-refractivity contribution in [1.29, 1.82) is 0 Å². The number of halogens is 1. The molecule has 0 unspecified atom stereocenters. The van der Waals surface area contributed by atoms with E-state index in [1.807, 2.05) is 26.8 Å². The molecule has 0 heterocycles. The van der Waals surface area contributed by atoms with Gasteiger partial charge in [0.15, 0.2) is 18.1 Å². The maximum absolute atomic E-state index is 11.9. The molecule has 0 saturated carbocycles. The summed E-state index contributed by atoms with van der Waals surface area (Å²) in [5.74, 6) is 0.844. The van der Waals surface area contributed by atoms with Gasteiger partial charge in [-0.05, 0) is 45.4 Å². The lowest BCUT2D eigenvalue weighted by Crippen LogP contribution is -2.43. The predicted molar refractivity (Wildman–Crippen MR) is 103 cm³/mol. The Hall–Kier alpha value is -1.46. The molecule has 5 nitrogen and oxygen atoms in total. The summed E-state index contributed by atoms with van der Waals surface area (Å²) < 4.78 is 11.0. The Bertz CT molecular complexity index is 556. The standard InChI is InChI=1S/C19H31ClN2O3/c1-6-7-8-9-21-12-14-10-16(24-5)17(11-15(14)20)25-13-18(23)22-19(2,3)4/h10-11,21H,6-9,12-13H2,1-5H3,(H,22,23). The van der Waals surface area contributed by atoms with E-state index < -0.39 is 0 Å². The van der Waals surface area contributed by atoms with Crippen molar-refractivity contribution in [3.8, 4) is 11.5 Å². The first kappa shape index (κ1) is 21.6. The first-order valence-corrected chi connectivity index (χ1v) is 9.15. The summed E-state index contributed by atoms with van der Waals surface area (Å²) in [7, 11) is 1.57. The quantitative estimate of drug-likeness (QED) is 0.613. The molecule has 1 amide bonds. The number of nitrogens with one attached hydrogen (secondary N) is 2. The monoisotopic (exact) mass is 370 g/mol. The first-order valence-electron chi connectivity index (χ1n) is 8.77. The number of benzene rings is 1. The van der Waals surface area contributed by atoms with Gasteiger partial charge in [0.05, 0.1) is 7.11 Å². The summed E-state index contributed by atoms with van der Waals surface area (Å²) in [5.41, 5.74) is 0.650. The highest BCUT2D eigenvalue weighted by Gasteiger charge is 2.16. The van der Waals surface area contributed by atoms with Gasteiger partial charge in [0.1, 0.15) is 0 Å². The van der Waals surface area contributed by atoms with Gasteiger partial charge in [-0.15, -0.1) is 0 Å². The number of unbranched alkanes of at least 4 members (excludes halogenated alkanes) is 2. The summed E-state index contributed by atoms with van der Waals surface area (Å²) in [6.07, 6.45) is 3.56. The SMILES string of the molecule is CCCCCNCc1cc(OC)c(OCC(=O)NC(C)(C)C)cc1Cl. The number of carbonyl (C=O) groups is 1. The third-order valence-corrected chi connectivity index (χ3v) is 3.83. The minimum Gasteiger partial charge on any atom is -0.493 e. The van der Waals surface area contributed by atoms with Gasteiger partial charge in [-0.3, -0.25) is 4.79 Å². The number of hydrogen-bond donors (Lipinski definition) is 2. The van der Waals surface area contributed by atoms with Crippen LogP contribution in [0.15, 0.2) is 12.1 Å². The third kappa shape index (κ3) is 8.45. The zero-order valence-electron chi connectivity index (χ0n) is 16.0. The van der Waals surface area contributed by atoms with Crippen molar-refractivity contribution in [2.24, 2.45) is 0 Å². The van der Waals surface area contributed by atoms with Gasteiger partial charge in [-0.25, -0.2) is 0 Å². The van der Waals surface area contributed by atoms with E-state index in [9.17, 15) is 4.79 Å². The summed E-state index contributed by atoms with van der Waals surface area (Å²) >= 11 is 6.34. The molecule has 1 aromatic rings. The van der Waals surface area contributed by atoms with Gasteiger partial charge >= 0.3 is 0 Å². The Morgan fingerprint density at radius 3 is 2.52 bits per heavy atom. The van der Waals surface area contributed by atoms with Gasteiger partial charge in [-0.1, -0.05) is 31.4 Å². The van der Waals surface area contributed by atoms with E-state index in [-0.39, 0.29) is 18.1 Å². The van der Waals surface area contributed by atoms with Crippen LogP contribution in [0.1, 0.15) is 52.5 Å². The van der Waals surface area contributed by atoms with Crippen LogP contribution in [0.2, 0.25) is 5.02 Å². The predicted octanol–water partition coefficient (Wildman–Crippen LogP) is 3.92. The zero-order valence-corrected chi connectivity index (χ0v) is 16.8. The normalized spacial score (nSPS) is 11.3. The van der Waals surface area contributed by atoms with E-state index in [1.165, 1.54) is 12.8 Å². The van der Waals surface area contributed by atoms with Crippen LogP contribution in [0.4, 0.5) is 0 Å². The topological polar surface area (TPSA) is 59.6 Å². The lowest BCUT2D eigenvalue weighted by Gasteiger charge is -2.21. The summed E-state index contributed by atoms with van der Waals surface area (Å²) in [5, 5.41) is 6.82. The van der Waals surface area contributed by atoms with Crippen LogP contribution >= 0.6 is 11.6 Å². The summed E-state index contributed by atoms with van der Waals surface area (Å²) in [6, 6.07) is 3.56. The molecule has 0 atom stereocenters. The van der Waals surface area contributed by atoms with E-state index in [1.54, 1.807) is 13.2 Å². The maximum atomic E-state index is 11.9. The van der Waals surface area contributed by atoms with Crippen LogP contribution < -0.4 is 20.1 Å². The Morgan fingerprint density at radius 1 is 1.20 bits per heavy atom. The van der Waals surface area contributed by atoms with Gasteiger partial charge in [-0.2, -0.15) is 0 Å². The van der Waals surface area contributed by atoms with Crippen molar-refractivity contribution in [1.82, 2.24) is 10.6 Å². The Morgan fingerprint density at radius 2 is 1.92 bits per heavy atom. The van der Waals surface area contributed by atoms with Crippen molar-refractivity contribution in [3.05, 3.63) is 22.7 Å². The lowest BCUT2D eigenvalue weighted by atomic mass is 10.1. The molecule has 6 heteroatoms. The molecule has 0 saturated heterocycles. The van der Waals surface area contributed by atoms with Crippen LogP contribution in [0.3, 0.4) is 0 Å². The van der Waals surface area contributed by atoms with Gasteiger partial charge in [0, 0.05) is 23.2 Å². The number of methoxy groups -OCH3 is 1. The first-order chi connectivity index (χ1) is 11.8. The molecule has 0 aromatic heterocycles. The van der Waals surface area contributed by atoms with Crippen LogP contribution in [0.25, 0.3) is 0 Å². The highest BCUT2D eigenvalue weighted by molar-refractivity contribution is 6.31. The molecule has 25 heavy (non-hydrogen) atoms. The Labute approximate surface area is 156 Å². The average molecular weight is 371 g/mol. The molecule has 1 rings (SSSR count). The van der Waals surface area contributed by atoms with E-state index in [0.29, 0.717) is 23.1 Å². The van der Waals surface area contributed by atoms with E-state index in [2.05, 4.69) is 17.6 Å².